The van der Waals surface area contributed by atoms with E-state index < -0.39 is 0 Å². The second-order valence-electron chi connectivity index (χ2n) is 5.39. The third-order valence-corrected chi connectivity index (χ3v) is 5.85. The molecule has 2 aromatic heterocycles. The lowest BCUT2D eigenvalue weighted by molar-refractivity contribution is 0.101. The first-order valence-electron chi connectivity index (χ1n) is 7.64. The standard InChI is InChI=1S/C18H18N2O2S2/c1-11-13(3)24-18-16(11)17(19-10-20-18)23-9-8-22-15-7-5-4-6-14(15)12(2)21/h4-7,10H,8-9H2,1-3H3. The van der Waals surface area contributed by atoms with Gasteiger partial charge in [-0.15, -0.1) is 23.1 Å². The van der Waals surface area contributed by atoms with Gasteiger partial charge in [0, 0.05) is 16.0 Å². The highest BCUT2D eigenvalue weighted by Gasteiger charge is 2.12. The summed E-state index contributed by atoms with van der Waals surface area (Å²) in [5, 5.41) is 2.14. The van der Waals surface area contributed by atoms with Crippen LogP contribution in [0.5, 0.6) is 5.75 Å². The monoisotopic (exact) mass is 358 g/mol. The smallest absolute Gasteiger partial charge is 0.163 e. The highest BCUT2D eigenvalue weighted by Crippen LogP contribution is 2.34. The average Bonchev–Trinajstić information content (AvgIpc) is 2.87. The van der Waals surface area contributed by atoms with E-state index in [1.165, 1.54) is 10.4 Å². The molecule has 0 aliphatic carbocycles. The number of carbonyl (C=O) groups excluding carboxylic acids is 1. The Hall–Kier alpha value is -1.92. The summed E-state index contributed by atoms with van der Waals surface area (Å²) >= 11 is 3.36. The van der Waals surface area contributed by atoms with E-state index in [4.69, 9.17) is 4.74 Å². The number of aryl methyl sites for hydroxylation is 2. The Bertz CT molecular complexity index is 890. The van der Waals surface area contributed by atoms with E-state index in [0.717, 1.165) is 21.0 Å². The predicted molar refractivity (Wildman–Crippen MR) is 99.6 cm³/mol. The number of rotatable bonds is 6. The van der Waals surface area contributed by atoms with Gasteiger partial charge in [-0.25, -0.2) is 9.97 Å². The quantitative estimate of drug-likeness (QED) is 0.277. The number of aromatic nitrogens is 2. The summed E-state index contributed by atoms with van der Waals surface area (Å²) in [6.45, 7) is 6.29. The van der Waals surface area contributed by atoms with Crippen LogP contribution in [0.3, 0.4) is 0 Å². The van der Waals surface area contributed by atoms with Gasteiger partial charge >= 0.3 is 0 Å². The third-order valence-electron chi connectivity index (χ3n) is 3.78. The van der Waals surface area contributed by atoms with Crippen LogP contribution in [0, 0.1) is 13.8 Å². The van der Waals surface area contributed by atoms with Gasteiger partial charge in [0.15, 0.2) is 5.78 Å². The zero-order valence-corrected chi connectivity index (χ0v) is 15.5. The maximum Gasteiger partial charge on any atom is 0.163 e. The minimum absolute atomic E-state index is 0.0140. The van der Waals surface area contributed by atoms with Gasteiger partial charge < -0.3 is 4.74 Å². The van der Waals surface area contributed by atoms with Crippen LogP contribution < -0.4 is 4.74 Å². The van der Waals surface area contributed by atoms with Gasteiger partial charge in [0.2, 0.25) is 0 Å². The molecule has 0 fully saturated rings. The summed E-state index contributed by atoms with van der Waals surface area (Å²) in [6.07, 6.45) is 1.62. The third kappa shape index (κ3) is 3.44. The van der Waals surface area contributed by atoms with Gasteiger partial charge in [-0.2, -0.15) is 0 Å². The van der Waals surface area contributed by atoms with E-state index >= 15 is 0 Å². The Balaban J connectivity index is 1.67. The van der Waals surface area contributed by atoms with Gasteiger partial charge in [-0.1, -0.05) is 12.1 Å². The first-order chi connectivity index (χ1) is 11.6. The fraction of sp³-hybridized carbons (Fsp3) is 0.278. The SMILES string of the molecule is CC(=O)c1ccccc1OCCSc1ncnc2sc(C)c(C)c12. The molecule has 3 rings (SSSR count). The van der Waals surface area contributed by atoms with Crippen LogP contribution in [0.1, 0.15) is 27.7 Å². The normalized spacial score (nSPS) is 11.0. The van der Waals surface area contributed by atoms with Crippen LogP contribution in [0.15, 0.2) is 35.6 Å². The van der Waals surface area contributed by atoms with Crippen LogP contribution >= 0.6 is 23.1 Å². The molecule has 0 radical (unpaired) electrons. The lowest BCUT2D eigenvalue weighted by Gasteiger charge is -2.09. The zero-order chi connectivity index (χ0) is 17.1. The first kappa shape index (κ1) is 16.9. The molecule has 0 saturated carbocycles. The molecule has 1 aromatic carbocycles. The summed E-state index contributed by atoms with van der Waals surface area (Å²) in [4.78, 5) is 22.7. The number of Topliss-reactive ketones (excluding diaryl/α,β-unsaturated/α-hetero) is 1. The Labute approximate surface area is 149 Å². The molecule has 0 N–H and O–H groups in total. The number of ether oxygens (including phenoxy) is 1. The summed E-state index contributed by atoms with van der Waals surface area (Å²) in [6, 6.07) is 7.34. The van der Waals surface area contributed by atoms with E-state index in [1.807, 2.05) is 18.2 Å². The molecule has 0 saturated heterocycles. The number of para-hydroxylation sites is 1. The molecule has 0 aliphatic rings. The number of benzene rings is 1. The van der Waals surface area contributed by atoms with Crippen molar-refractivity contribution in [2.75, 3.05) is 12.4 Å². The molecular weight excluding hydrogens is 340 g/mol. The Kier molecular flexibility index (Phi) is 5.16. The van der Waals surface area contributed by atoms with Crippen molar-refractivity contribution < 1.29 is 9.53 Å². The Morgan fingerprint density at radius 1 is 1.25 bits per heavy atom. The maximum absolute atomic E-state index is 11.6. The van der Waals surface area contributed by atoms with Crippen molar-refractivity contribution in [2.24, 2.45) is 0 Å². The van der Waals surface area contributed by atoms with E-state index in [1.54, 1.807) is 42.4 Å². The second kappa shape index (κ2) is 7.32. The van der Waals surface area contributed by atoms with Gasteiger partial charge in [-0.05, 0) is 38.5 Å². The molecule has 0 bridgehead atoms. The fourth-order valence-electron chi connectivity index (χ4n) is 2.43. The van der Waals surface area contributed by atoms with E-state index in [0.29, 0.717) is 17.9 Å². The van der Waals surface area contributed by atoms with Gasteiger partial charge in [0.25, 0.3) is 0 Å². The van der Waals surface area contributed by atoms with Crippen molar-refractivity contribution in [1.29, 1.82) is 0 Å². The van der Waals surface area contributed by atoms with E-state index in [-0.39, 0.29) is 5.78 Å². The minimum atomic E-state index is 0.0140. The Morgan fingerprint density at radius 2 is 2.04 bits per heavy atom. The molecule has 0 amide bonds. The molecule has 124 valence electrons. The summed E-state index contributed by atoms with van der Waals surface area (Å²) < 4.78 is 5.79. The molecule has 3 aromatic rings. The van der Waals surface area contributed by atoms with Gasteiger partial charge in [-0.3, -0.25) is 4.79 Å². The summed E-state index contributed by atoms with van der Waals surface area (Å²) in [5.74, 6) is 1.41. The number of hydrogen-bond donors (Lipinski definition) is 0. The minimum Gasteiger partial charge on any atom is -0.492 e. The Morgan fingerprint density at radius 3 is 2.83 bits per heavy atom. The largest absolute Gasteiger partial charge is 0.492 e. The van der Waals surface area contributed by atoms with E-state index in [2.05, 4.69) is 23.8 Å². The number of hydrogen-bond acceptors (Lipinski definition) is 6. The number of fused-ring (bicyclic) bond motifs is 1. The van der Waals surface area contributed by atoms with Crippen LogP contribution in [0.4, 0.5) is 0 Å². The van der Waals surface area contributed by atoms with Crippen LogP contribution in [0.25, 0.3) is 10.2 Å². The van der Waals surface area contributed by atoms with E-state index in [9.17, 15) is 4.79 Å². The van der Waals surface area contributed by atoms with Crippen molar-refractivity contribution >= 4 is 39.1 Å². The van der Waals surface area contributed by atoms with Crippen molar-refractivity contribution in [3.63, 3.8) is 0 Å². The lowest BCUT2D eigenvalue weighted by Crippen LogP contribution is -2.04. The van der Waals surface area contributed by atoms with Crippen LogP contribution in [-0.2, 0) is 0 Å². The highest BCUT2D eigenvalue weighted by atomic mass is 32.2. The van der Waals surface area contributed by atoms with Gasteiger partial charge in [0.1, 0.15) is 21.9 Å². The molecule has 24 heavy (non-hydrogen) atoms. The first-order valence-corrected chi connectivity index (χ1v) is 9.44. The predicted octanol–water partition coefficient (Wildman–Crippen LogP) is 4.68. The van der Waals surface area contributed by atoms with Crippen LogP contribution in [0.2, 0.25) is 0 Å². The van der Waals surface area contributed by atoms with Crippen molar-refractivity contribution in [3.8, 4) is 5.75 Å². The van der Waals surface area contributed by atoms with Crippen molar-refractivity contribution in [3.05, 3.63) is 46.6 Å². The molecule has 0 unspecified atom stereocenters. The average molecular weight is 358 g/mol. The zero-order valence-electron chi connectivity index (χ0n) is 13.8. The molecule has 0 spiro atoms. The van der Waals surface area contributed by atoms with Crippen LogP contribution in [-0.4, -0.2) is 28.1 Å². The molecule has 2 heterocycles. The van der Waals surface area contributed by atoms with Crippen molar-refractivity contribution in [1.82, 2.24) is 9.97 Å². The highest BCUT2D eigenvalue weighted by molar-refractivity contribution is 7.99. The van der Waals surface area contributed by atoms with Crippen molar-refractivity contribution in [2.45, 2.75) is 25.8 Å². The summed E-state index contributed by atoms with van der Waals surface area (Å²) in [5.41, 5.74) is 1.87. The number of ketones is 1. The van der Waals surface area contributed by atoms with Gasteiger partial charge in [0.05, 0.1) is 12.2 Å². The fourth-order valence-corrected chi connectivity index (χ4v) is 4.37. The number of nitrogens with zero attached hydrogens (tertiary/aromatic N) is 2. The maximum atomic E-state index is 11.6. The number of thiophene rings is 1. The molecular formula is C18H18N2O2S2. The summed E-state index contributed by atoms with van der Waals surface area (Å²) in [7, 11) is 0. The number of carbonyl (C=O) groups is 1. The topological polar surface area (TPSA) is 52.1 Å². The number of thioether (sulfide) groups is 1. The lowest BCUT2D eigenvalue weighted by atomic mass is 10.1. The molecule has 0 aliphatic heterocycles. The molecule has 6 heteroatoms. The molecule has 4 nitrogen and oxygen atoms in total. The molecule has 0 atom stereocenters. The second-order valence-corrected chi connectivity index (χ2v) is 7.68.